The Hall–Kier alpha value is -3.08. The first-order chi connectivity index (χ1) is 11.2. The monoisotopic (exact) mass is 306 g/mol. The molecular weight excluding hydrogens is 292 g/mol. The number of nitrogens with zero attached hydrogens (tertiary/aromatic N) is 1. The number of H-pyrrole nitrogens is 1. The van der Waals surface area contributed by atoms with Crippen molar-refractivity contribution in [2.75, 3.05) is 11.4 Å². The number of carboxylic acids is 1. The number of anilines is 1. The van der Waals surface area contributed by atoms with Gasteiger partial charge in [-0.3, -0.25) is 9.59 Å². The highest BCUT2D eigenvalue weighted by atomic mass is 16.4. The molecule has 1 aliphatic heterocycles. The third kappa shape index (κ3) is 2.01. The van der Waals surface area contributed by atoms with Crippen LogP contribution in [0.2, 0.25) is 0 Å². The normalized spacial score (nSPS) is 16.5. The van der Waals surface area contributed by atoms with Gasteiger partial charge in [-0.25, -0.2) is 0 Å². The molecule has 0 fully saturated rings. The maximum atomic E-state index is 13.0. The van der Waals surface area contributed by atoms with Gasteiger partial charge in [-0.05, 0) is 23.8 Å². The lowest BCUT2D eigenvalue weighted by Crippen LogP contribution is -2.31. The fraction of sp³-hybridized carbons (Fsp3) is 0.111. The number of aliphatic carboxylic acids is 1. The molecule has 0 radical (unpaired) electrons. The van der Waals surface area contributed by atoms with Crippen LogP contribution in [0.25, 0.3) is 10.9 Å². The Bertz CT molecular complexity index is 929. The number of benzene rings is 2. The molecule has 2 N–H and O–H groups in total. The van der Waals surface area contributed by atoms with Crippen LogP contribution in [0.1, 0.15) is 21.8 Å². The van der Waals surface area contributed by atoms with E-state index in [4.69, 9.17) is 0 Å². The van der Waals surface area contributed by atoms with Crippen LogP contribution in [0.5, 0.6) is 0 Å². The molecule has 5 heteroatoms. The first-order valence-corrected chi connectivity index (χ1v) is 7.36. The Morgan fingerprint density at radius 2 is 1.91 bits per heavy atom. The minimum Gasteiger partial charge on any atom is -0.481 e. The highest BCUT2D eigenvalue weighted by Crippen LogP contribution is 2.37. The predicted molar refractivity (Wildman–Crippen MR) is 86.8 cm³/mol. The van der Waals surface area contributed by atoms with Gasteiger partial charge >= 0.3 is 5.97 Å². The quantitative estimate of drug-likeness (QED) is 0.764. The van der Waals surface area contributed by atoms with Gasteiger partial charge in [0.05, 0.1) is 11.1 Å². The van der Waals surface area contributed by atoms with Gasteiger partial charge in [0.15, 0.2) is 0 Å². The van der Waals surface area contributed by atoms with Crippen molar-refractivity contribution in [3.63, 3.8) is 0 Å². The summed E-state index contributed by atoms with van der Waals surface area (Å²) >= 11 is 0. The summed E-state index contributed by atoms with van der Waals surface area (Å²) in [6.07, 6.45) is 1.79. The van der Waals surface area contributed by atoms with Crippen LogP contribution in [0, 0.1) is 0 Å². The third-order valence-corrected chi connectivity index (χ3v) is 4.33. The highest BCUT2D eigenvalue weighted by molar-refractivity contribution is 6.14. The summed E-state index contributed by atoms with van der Waals surface area (Å²) in [5, 5.41) is 10.4. The number of nitrogens with one attached hydrogen (secondary N) is 1. The molecule has 0 bridgehead atoms. The van der Waals surface area contributed by atoms with E-state index in [1.165, 1.54) is 0 Å². The number of carboxylic acid groups (broad SMARTS) is 1. The van der Waals surface area contributed by atoms with E-state index in [0.717, 1.165) is 10.9 Å². The molecule has 0 unspecified atom stereocenters. The minimum atomic E-state index is -0.911. The summed E-state index contributed by atoms with van der Waals surface area (Å²) < 4.78 is 0. The molecule has 23 heavy (non-hydrogen) atoms. The number of hydrogen-bond acceptors (Lipinski definition) is 2. The second-order valence-electron chi connectivity index (χ2n) is 5.61. The van der Waals surface area contributed by atoms with Crippen LogP contribution in [-0.4, -0.2) is 28.5 Å². The Morgan fingerprint density at radius 3 is 2.74 bits per heavy atom. The molecule has 0 saturated carbocycles. The van der Waals surface area contributed by atoms with Gasteiger partial charge in [0.2, 0.25) is 0 Å². The van der Waals surface area contributed by atoms with Crippen molar-refractivity contribution in [1.29, 1.82) is 0 Å². The molecule has 0 spiro atoms. The van der Waals surface area contributed by atoms with Crippen molar-refractivity contribution in [1.82, 2.24) is 4.98 Å². The molecule has 3 aromatic rings. The molecule has 0 aliphatic carbocycles. The van der Waals surface area contributed by atoms with Gasteiger partial charge < -0.3 is 15.0 Å². The molecule has 2 heterocycles. The summed E-state index contributed by atoms with van der Waals surface area (Å²) in [6, 6.07) is 14.6. The van der Waals surface area contributed by atoms with Gasteiger partial charge in [0.25, 0.3) is 5.91 Å². The van der Waals surface area contributed by atoms with Crippen molar-refractivity contribution in [3.8, 4) is 0 Å². The molecular formula is C18H14N2O3. The molecule has 4 rings (SSSR count). The number of fused-ring (bicyclic) bond motifs is 2. The van der Waals surface area contributed by atoms with Gasteiger partial charge in [-0.15, -0.1) is 0 Å². The molecule has 5 nitrogen and oxygen atoms in total. The number of amides is 1. The lowest BCUT2D eigenvalue weighted by Gasteiger charge is -2.18. The molecule has 2 aromatic carbocycles. The Kier molecular flexibility index (Phi) is 2.94. The fourth-order valence-electron chi connectivity index (χ4n) is 3.22. The van der Waals surface area contributed by atoms with Crippen LogP contribution in [0.3, 0.4) is 0 Å². The Balaban J connectivity index is 1.81. The lowest BCUT2D eigenvalue weighted by atomic mass is 10.0. The number of hydrogen-bond donors (Lipinski definition) is 2. The molecule has 1 aliphatic rings. The van der Waals surface area contributed by atoms with E-state index in [-0.39, 0.29) is 12.5 Å². The van der Waals surface area contributed by atoms with E-state index in [0.29, 0.717) is 16.8 Å². The van der Waals surface area contributed by atoms with Crippen LogP contribution < -0.4 is 4.90 Å². The third-order valence-electron chi connectivity index (χ3n) is 4.33. The second kappa shape index (κ2) is 4.98. The van der Waals surface area contributed by atoms with Crippen molar-refractivity contribution in [3.05, 3.63) is 65.9 Å². The molecule has 1 aromatic heterocycles. The average Bonchev–Trinajstić information content (AvgIpc) is 3.18. The first kappa shape index (κ1) is 13.6. The van der Waals surface area contributed by atoms with Crippen LogP contribution in [0.4, 0.5) is 5.69 Å². The van der Waals surface area contributed by atoms with E-state index < -0.39 is 11.9 Å². The first-order valence-electron chi connectivity index (χ1n) is 7.36. The van der Waals surface area contributed by atoms with Gasteiger partial charge in [-0.1, -0.05) is 30.3 Å². The second-order valence-corrected chi connectivity index (χ2v) is 5.61. The highest BCUT2D eigenvalue weighted by Gasteiger charge is 2.37. The Labute approximate surface area is 132 Å². The Morgan fingerprint density at radius 1 is 1.09 bits per heavy atom. The van der Waals surface area contributed by atoms with E-state index in [2.05, 4.69) is 4.98 Å². The van der Waals surface area contributed by atoms with Gasteiger partial charge in [0.1, 0.15) is 5.92 Å². The van der Waals surface area contributed by atoms with E-state index >= 15 is 0 Å². The lowest BCUT2D eigenvalue weighted by molar-refractivity contribution is -0.138. The zero-order valence-corrected chi connectivity index (χ0v) is 12.2. The topological polar surface area (TPSA) is 73.4 Å². The van der Waals surface area contributed by atoms with Gasteiger partial charge in [0, 0.05) is 23.8 Å². The van der Waals surface area contributed by atoms with Crippen molar-refractivity contribution in [2.45, 2.75) is 5.92 Å². The number of carbonyl (C=O) groups is 2. The molecule has 1 atom stereocenters. The summed E-state index contributed by atoms with van der Waals surface area (Å²) in [4.78, 5) is 29.1. The van der Waals surface area contributed by atoms with Crippen LogP contribution >= 0.6 is 0 Å². The van der Waals surface area contributed by atoms with Crippen molar-refractivity contribution < 1.29 is 14.7 Å². The summed E-state index contributed by atoms with van der Waals surface area (Å²) in [7, 11) is 0. The summed E-state index contributed by atoms with van der Waals surface area (Å²) in [5.74, 6) is -1.78. The van der Waals surface area contributed by atoms with Crippen LogP contribution in [-0.2, 0) is 4.79 Å². The number of para-hydroxylation sites is 2. The maximum Gasteiger partial charge on any atom is 0.312 e. The molecule has 114 valence electrons. The van der Waals surface area contributed by atoms with Crippen molar-refractivity contribution in [2.24, 2.45) is 0 Å². The van der Waals surface area contributed by atoms with E-state index in [1.807, 2.05) is 24.3 Å². The average molecular weight is 306 g/mol. The maximum absolute atomic E-state index is 13.0. The fourth-order valence-corrected chi connectivity index (χ4v) is 3.22. The summed E-state index contributed by atoms with van der Waals surface area (Å²) in [5.41, 5.74) is 2.68. The SMILES string of the molecule is O=C(O)[C@H]1CN(C(=O)c2cccc3cc[nH]c23)c2ccccc21. The van der Waals surface area contributed by atoms with E-state index in [1.54, 1.807) is 35.4 Å². The predicted octanol–water partition coefficient (Wildman–Crippen LogP) is 3.00. The zero-order valence-electron chi connectivity index (χ0n) is 12.2. The zero-order chi connectivity index (χ0) is 16.0. The number of rotatable bonds is 2. The molecule has 0 saturated heterocycles. The van der Waals surface area contributed by atoms with Crippen molar-refractivity contribution >= 4 is 28.5 Å². The largest absolute Gasteiger partial charge is 0.481 e. The summed E-state index contributed by atoms with van der Waals surface area (Å²) in [6.45, 7) is 0.157. The minimum absolute atomic E-state index is 0.157. The molecule has 1 amide bonds. The van der Waals surface area contributed by atoms with Gasteiger partial charge in [-0.2, -0.15) is 0 Å². The smallest absolute Gasteiger partial charge is 0.312 e. The number of aromatic nitrogens is 1. The van der Waals surface area contributed by atoms with Crippen LogP contribution in [0.15, 0.2) is 54.7 Å². The number of carbonyl (C=O) groups excluding carboxylic acids is 1. The van der Waals surface area contributed by atoms with E-state index in [9.17, 15) is 14.7 Å². The standard InChI is InChI=1S/C18H14N2O3/c21-17(13-6-3-4-11-8-9-19-16(11)13)20-10-14(18(22)23)12-5-1-2-7-15(12)20/h1-9,14,19H,10H2,(H,22,23)/t14-/m0/s1. The number of aromatic amines is 1.